The van der Waals surface area contributed by atoms with Crippen molar-refractivity contribution < 1.29 is 0 Å². The molecule has 0 spiro atoms. The van der Waals surface area contributed by atoms with E-state index in [0.717, 1.165) is 6.42 Å². The molecular weight excluding hydrogens is 182 g/mol. The summed E-state index contributed by atoms with van der Waals surface area (Å²) in [5.74, 6) is 0.598. The molecule has 1 aromatic carbocycles. The first-order chi connectivity index (χ1) is 7.13. The van der Waals surface area contributed by atoms with Gasteiger partial charge >= 0.3 is 0 Å². The second-order valence-corrected chi connectivity index (χ2v) is 4.56. The Morgan fingerprint density at radius 1 is 1.27 bits per heavy atom. The van der Waals surface area contributed by atoms with E-state index in [0.29, 0.717) is 5.92 Å². The van der Waals surface area contributed by atoms with E-state index >= 15 is 0 Å². The van der Waals surface area contributed by atoms with Crippen LogP contribution in [0.4, 0.5) is 0 Å². The van der Waals surface area contributed by atoms with Crippen LogP contribution in [0.15, 0.2) is 24.4 Å². The topological polar surface area (TPSA) is 4.93 Å². The van der Waals surface area contributed by atoms with Crippen molar-refractivity contribution in [3.63, 3.8) is 0 Å². The zero-order chi connectivity index (χ0) is 11.0. The predicted molar refractivity (Wildman–Crippen MR) is 66.4 cm³/mol. The smallest absolute Gasteiger partial charge is 0.0483 e. The molecule has 0 unspecified atom stereocenters. The molecule has 1 heteroatoms. The van der Waals surface area contributed by atoms with Crippen molar-refractivity contribution in [1.82, 2.24) is 4.57 Å². The van der Waals surface area contributed by atoms with Gasteiger partial charge in [0.25, 0.3) is 0 Å². The Balaban J connectivity index is 2.69. The average molecular weight is 201 g/mol. The van der Waals surface area contributed by atoms with Gasteiger partial charge in [-0.05, 0) is 29.5 Å². The van der Waals surface area contributed by atoms with Gasteiger partial charge < -0.3 is 4.57 Å². The van der Waals surface area contributed by atoms with Gasteiger partial charge in [-0.15, -0.1) is 0 Å². The highest BCUT2D eigenvalue weighted by atomic mass is 14.9. The van der Waals surface area contributed by atoms with Crippen molar-refractivity contribution in [3.05, 3.63) is 35.5 Å². The molecule has 2 aromatic rings. The van der Waals surface area contributed by atoms with Gasteiger partial charge in [-0.25, -0.2) is 0 Å². The Labute approximate surface area is 91.7 Å². The van der Waals surface area contributed by atoms with Gasteiger partial charge in [-0.2, -0.15) is 0 Å². The first-order valence-corrected chi connectivity index (χ1v) is 5.71. The second kappa shape index (κ2) is 3.73. The summed E-state index contributed by atoms with van der Waals surface area (Å²) in [6, 6.07) is 6.82. The highest BCUT2D eigenvalue weighted by Gasteiger charge is 2.09. The Morgan fingerprint density at radius 3 is 2.60 bits per heavy atom. The molecule has 0 atom stereocenters. The molecule has 1 nitrogen and oxygen atoms in total. The first kappa shape index (κ1) is 10.3. The third-order valence-electron chi connectivity index (χ3n) is 3.12. The van der Waals surface area contributed by atoms with Crippen LogP contribution >= 0.6 is 0 Å². The summed E-state index contributed by atoms with van der Waals surface area (Å²) in [6.45, 7) is 6.71. The molecule has 0 amide bonds. The Hall–Kier alpha value is -1.24. The number of rotatable bonds is 2. The molecule has 0 fully saturated rings. The molecule has 0 saturated heterocycles. The minimum atomic E-state index is 0.598. The van der Waals surface area contributed by atoms with Crippen molar-refractivity contribution in [2.75, 3.05) is 0 Å². The number of benzene rings is 1. The molecule has 0 bridgehead atoms. The van der Waals surface area contributed by atoms with Crippen LogP contribution in [0.2, 0.25) is 0 Å². The summed E-state index contributed by atoms with van der Waals surface area (Å²) in [6.07, 6.45) is 3.37. The van der Waals surface area contributed by atoms with E-state index in [1.165, 1.54) is 22.0 Å². The van der Waals surface area contributed by atoms with Crippen LogP contribution in [-0.2, 0) is 13.5 Å². The maximum atomic E-state index is 2.31. The normalized spacial score (nSPS) is 11.5. The summed E-state index contributed by atoms with van der Waals surface area (Å²) in [5, 5.41) is 1.41. The first-order valence-electron chi connectivity index (χ1n) is 5.71. The van der Waals surface area contributed by atoms with Crippen LogP contribution in [0.1, 0.15) is 37.8 Å². The van der Waals surface area contributed by atoms with Crippen molar-refractivity contribution in [2.45, 2.75) is 33.1 Å². The number of aryl methyl sites for hydroxylation is 2. The standard InChI is InChI=1S/C14H19N/c1-5-11-6-7-12-13(10(2)3)9-15(4)14(12)8-11/h6-10H,5H2,1-4H3. The number of nitrogens with zero attached hydrogens (tertiary/aromatic N) is 1. The van der Waals surface area contributed by atoms with Gasteiger partial charge in [0.05, 0.1) is 0 Å². The van der Waals surface area contributed by atoms with Crippen molar-refractivity contribution in [1.29, 1.82) is 0 Å². The highest BCUT2D eigenvalue weighted by molar-refractivity contribution is 5.85. The number of hydrogen-bond acceptors (Lipinski definition) is 0. The van der Waals surface area contributed by atoms with Gasteiger partial charge in [-0.3, -0.25) is 0 Å². The summed E-state index contributed by atoms with van der Waals surface area (Å²) in [7, 11) is 2.13. The molecule has 1 heterocycles. The monoisotopic (exact) mass is 201 g/mol. The lowest BCUT2D eigenvalue weighted by molar-refractivity contribution is 0.857. The van der Waals surface area contributed by atoms with E-state index < -0.39 is 0 Å². The zero-order valence-electron chi connectivity index (χ0n) is 10.0. The highest BCUT2D eigenvalue weighted by Crippen LogP contribution is 2.27. The van der Waals surface area contributed by atoms with Crippen LogP contribution in [0.3, 0.4) is 0 Å². The molecule has 2 rings (SSSR count). The van der Waals surface area contributed by atoms with Crippen molar-refractivity contribution in [3.8, 4) is 0 Å². The molecule has 0 saturated carbocycles. The van der Waals surface area contributed by atoms with E-state index in [2.05, 4.69) is 56.8 Å². The Bertz CT molecular complexity index is 477. The van der Waals surface area contributed by atoms with Gasteiger partial charge in [0.2, 0.25) is 0 Å². The largest absolute Gasteiger partial charge is 0.350 e. The van der Waals surface area contributed by atoms with E-state index in [-0.39, 0.29) is 0 Å². The predicted octanol–water partition coefficient (Wildman–Crippen LogP) is 3.86. The van der Waals surface area contributed by atoms with Gasteiger partial charge in [0.15, 0.2) is 0 Å². The Kier molecular flexibility index (Phi) is 2.56. The van der Waals surface area contributed by atoms with Gasteiger partial charge in [0, 0.05) is 24.1 Å². The van der Waals surface area contributed by atoms with Crippen LogP contribution in [0.25, 0.3) is 10.9 Å². The second-order valence-electron chi connectivity index (χ2n) is 4.56. The van der Waals surface area contributed by atoms with Crippen molar-refractivity contribution >= 4 is 10.9 Å². The molecule has 0 aliphatic rings. The molecular formula is C14H19N. The Morgan fingerprint density at radius 2 is 2.00 bits per heavy atom. The van der Waals surface area contributed by atoms with Crippen LogP contribution in [0, 0.1) is 0 Å². The minimum absolute atomic E-state index is 0.598. The quantitative estimate of drug-likeness (QED) is 0.695. The minimum Gasteiger partial charge on any atom is -0.350 e. The molecule has 0 N–H and O–H groups in total. The van der Waals surface area contributed by atoms with E-state index in [1.54, 1.807) is 0 Å². The lowest BCUT2D eigenvalue weighted by Crippen LogP contribution is -1.85. The van der Waals surface area contributed by atoms with E-state index in [4.69, 9.17) is 0 Å². The third-order valence-corrected chi connectivity index (χ3v) is 3.12. The van der Waals surface area contributed by atoms with E-state index in [9.17, 15) is 0 Å². The van der Waals surface area contributed by atoms with Crippen LogP contribution < -0.4 is 0 Å². The summed E-state index contributed by atoms with van der Waals surface area (Å²) >= 11 is 0. The maximum absolute atomic E-state index is 2.31. The molecule has 80 valence electrons. The molecule has 1 aromatic heterocycles. The van der Waals surface area contributed by atoms with Gasteiger partial charge in [-0.1, -0.05) is 32.9 Å². The number of aromatic nitrogens is 1. The summed E-state index contributed by atoms with van der Waals surface area (Å²) < 4.78 is 2.24. The van der Waals surface area contributed by atoms with Gasteiger partial charge in [0.1, 0.15) is 0 Å². The van der Waals surface area contributed by atoms with Crippen LogP contribution in [0.5, 0.6) is 0 Å². The fourth-order valence-corrected chi connectivity index (χ4v) is 2.14. The number of hydrogen-bond donors (Lipinski definition) is 0. The lowest BCUT2D eigenvalue weighted by Gasteiger charge is -2.02. The fourth-order valence-electron chi connectivity index (χ4n) is 2.14. The van der Waals surface area contributed by atoms with E-state index in [1.807, 2.05) is 0 Å². The van der Waals surface area contributed by atoms with Crippen LogP contribution in [-0.4, -0.2) is 4.57 Å². The molecule has 15 heavy (non-hydrogen) atoms. The lowest BCUT2D eigenvalue weighted by atomic mass is 10.0. The zero-order valence-corrected chi connectivity index (χ0v) is 10.0. The fraction of sp³-hybridized carbons (Fsp3) is 0.429. The third kappa shape index (κ3) is 1.67. The molecule has 0 aliphatic heterocycles. The van der Waals surface area contributed by atoms with Crippen molar-refractivity contribution in [2.24, 2.45) is 7.05 Å². The summed E-state index contributed by atoms with van der Waals surface area (Å²) in [5.41, 5.74) is 4.23. The molecule has 0 radical (unpaired) electrons. The average Bonchev–Trinajstić information content (AvgIpc) is 2.56. The molecule has 0 aliphatic carbocycles. The SMILES string of the molecule is CCc1ccc2c(C(C)C)cn(C)c2c1. The maximum Gasteiger partial charge on any atom is 0.0483 e. The number of fused-ring (bicyclic) bond motifs is 1. The summed E-state index contributed by atoms with van der Waals surface area (Å²) in [4.78, 5) is 0.